The number of aliphatic hydroxyl groups excluding tert-OH is 1. The first kappa shape index (κ1) is 25.8. The highest BCUT2D eigenvalue weighted by Gasteiger charge is 2.17. The second-order valence-corrected chi connectivity index (χ2v) is 8.96. The van der Waals surface area contributed by atoms with Crippen molar-refractivity contribution in [1.82, 2.24) is 20.2 Å². The van der Waals surface area contributed by atoms with Crippen LogP contribution < -0.4 is 10.6 Å². The summed E-state index contributed by atoms with van der Waals surface area (Å²) >= 11 is 0. The molecule has 0 fully saturated rings. The van der Waals surface area contributed by atoms with Crippen molar-refractivity contribution in [2.45, 2.75) is 97.4 Å². The van der Waals surface area contributed by atoms with E-state index in [1.165, 1.54) is 25.7 Å². The minimum absolute atomic E-state index is 0.208. The smallest absolute Gasteiger partial charge is 0.326 e. The summed E-state index contributed by atoms with van der Waals surface area (Å²) in [4.78, 5) is 14.2. The third-order valence-corrected chi connectivity index (χ3v) is 5.56. The van der Waals surface area contributed by atoms with E-state index in [-0.39, 0.29) is 12.0 Å². The quantitative estimate of drug-likeness (QED) is 0.325. The molecule has 1 aromatic heterocycles. The molecule has 0 radical (unpaired) electrons. The van der Waals surface area contributed by atoms with Gasteiger partial charge in [-0.3, -0.25) is 5.32 Å². The number of hydrogen-bond donors (Lipinski definition) is 3. The van der Waals surface area contributed by atoms with E-state index >= 15 is 0 Å². The van der Waals surface area contributed by atoms with E-state index in [0.717, 1.165) is 42.5 Å². The van der Waals surface area contributed by atoms with E-state index in [0.29, 0.717) is 25.0 Å². The van der Waals surface area contributed by atoms with Gasteiger partial charge >= 0.3 is 6.03 Å². The second kappa shape index (κ2) is 13.8. The summed E-state index contributed by atoms with van der Waals surface area (Å²) in [6, 6.07) is 5.78. The average molecular weight is 445 g/mol. The SMILES string of the molecule is CC(C)c1cccc(C(C)C)c1NC(=O)Nc1nnn(CCCCCCCCCCO)n1. The molecule has 0 aliphatic heterocycles. The van der Waals surface area contributed by atoms with Gasteiger partial charge in [-0.2, -0.15) is 4.80 Å². The van der Waals surface area contributed by atoms with Gasteiger partial charge in [0.2, 0.25) is 0 Å². The van der Waals surface area contributed by atoms with Gasteiger partial charge in [-0.25, -0.2) is 4.79 Å². The number of nitrogens with zero attached hydrogens (tertiary/aromatic N) is 4. The molecule has 8 heteroatoms. The van der Waals surface area contributed by atoms with Crippen molar-refractivity contribution in [3.63, 3.8) is 0 Å². The fraction of sp³-hybridized carbons (Fsp3) is 0.667. The third kappa shape index (κ3) is 8.57. The van der Waals surface area contributed by atoms with Gasteiger partial charge in [0.25, 0.3) is 5.95 Å². The first-order valence-electron chi connectivity index (χ1n) is 12.0. The zero-order valence-electron chi connectivity index (χ0n) is 20.1. The number of aliphatic hydroxyl groups is 1. The Morgan fingerprint density at radius 1 is 0.906 bits per heavy atom. The molecular formula is C24H40N6O2. The zero-order valence-corrected chi connectivity index (χ0v) is 20.1. The first-order chi connectivity index (χ1) is 15.4. The van der Waals surface area contributed by atoms with Crippen molar-refractivity contribution < 1.29 is 9.90 Å². The van der Waals surface area contributed by atoms with Gasteiger partial charge in [0, 0.05) is 12.3 Å². The molecule has 2 amide bonds. The fourth-order valence-corrected chi connectivity index (χ4v) is 3.76. The molecule has 2 rings (SSSR count). The molecule has 0 spiro atoms. The normalized spacial score (nSPS) is 11.3. The van der Waals surface area contributed by atoms with Gasteiger partial charge in [0.15, 0.2) is 0 Å². The molecular weight excluding hydrogens is 404 g/mol. The lowest BCUT2D eigenvalue weighted by atomic mass is 9.93. The molecule has 0 atom stereocenters. The molecule has 0 bridgehead atoms. The summed E-state index contributed by atoms with van der Waals surface area (Å²) in [5.74, 6) is 0.798. The van der Waals surface area contributed by atoms with Gasteiger partial charge < -0.3 is 10.4 Å². The fourth-order valence-electron chi connectivity index (χ4n) is 3.76. The standard InChI is InChI=1S/C24H40N6O2/c1-18(2)20-14-13-15-21(19(3)4)22(20)25-24(32)26-23-27-29-30(28-23)16-11-9-7-5-6-8-10-12-17-31/h13-15,18-19,31H,5-12,16-17H2,1-4H3,(H2,25,26,28,32). The van der Waals surface area contributed by atoms with Crippen LogP contribution in [0.2, 0.25) is 0 Å². The minimum Gasteiger partial charge on any atom is -0.396 e. The predicted molar refractivity (Wildman–Crippen MR) is 129 cm³/mol. The highest BCUT2D eigenvalue weighted by molar-refractivity contribution is 5.99. The molecule has 1 heterocycles. The van der Waals surface area contributed by atoms with E-state index in [2.05, 4.69) is 65.9 Å². The van der Waals surface area contributed by atoms with Gasteiger partial charge in [-0.15, -0.1) is 5.10 Å². The van der Waals surface area contributed by atoms with Crippen LogP contribution in [-0.2, 0) is 6.54 Å². The first-order valence-corrected chi connectivity index (χ1v) is 12.0. The second-order valence-electron chi connectivity index (χ2n) is 8.96. The van der Waals surface area contributed by atoms with Crippen LogP contribution in [0.5, 0.6) is 0 Å². The molecule has 0 aliphatic carbocycles. The van der Waals surface area contributed by atoms with Crippen molar-refractivity contribution in [3.05, 3.63) is 29.3 Å². The topological polar surface area (TPSA) is 105 Å². The molecule has 1 aromatic carbocycles. The lowest BCUT2D eigenvalue weighted by molar-refractivity contribution is 0.262. The molecule has 32 heavy (non-hydrogen) atoms. The number of urea groups is 1. The van der Waals surface area contributed by atoms with Crippen LogP contribution in [0, 0.1) is 0 Å². The Hall–Kier alpha value is -2.48. The highest BCUT2D eigenvalue weighted by Crippen LogP contribution is 2.32. The van der Waals surface area contributed by atoms with E-state index in [1.807, 2.05) is 6.07 Å². The third-order valence-electron chi connectivity index (χ3n) is 5.56. The number of anilines is 2. The van der Waals surface area contributed by atoms with Gasteiger partial charge in [0.1, 0.15) is 0 Å². The summed E-state index contributed by atoms with van der Waals surface area (Å²) in [7, 11) is 0. The Bertz CT molecular complexity index is 792. The molecule has 2 aromatic rings. The summed E-state index contributed by atoms with van der Waals surface area (Å²) in [5, 5.41) is 26.8. The molecule has 0 saturated carbocycles. The number of amides is 2. The summed E-state index contributed by atoms with van der Waals surface area (Å²) in [6.07, 6.45) is 8.97. The van der Waals surface area contributed by atoms with E-state index < -0.39 is 0 Å². The number of hydrogen-bond acceptors (Lipinski definition) is 5. The Labute approximate surface area is 192 Å². The maximum absolute atomic E-state index is 12.6. The predicted octanol–water partition coefficient (Wildman–Crippen LogP) is 5.68. The van der Waals surface area contributed by atoms with Crippen molar-refractivity contribution in [2.24, 2.45) is 0 Å². The number of rotatable bonds is 14. The Morgan fingerprint density at radius 3 is 2.03 bits per heavy atom. The Balaban J connectivity index is 1.79. The largest absolute Gasteiger partial charge is 0.396 e. The molecule has 0 unspecified atom stereocenters. The molecule has 8 nitrogen and oxygen atoms in total. The monoisotopic (exact) mass is 444 g/mol. The molecule has 3 N–H and O–H groups in total. The van der Waals surface area contributed by atoms with Crippen LogP contribution >= 0.6 is 0 Å². The number of tetrazole rings is 1. The van der Waals surface area contributed by atoms with Crippen molar-refractivity contribution in [2.75, 3.05) is 17.2 Å². The number of aryl methyl sites for hydroxylation is 1. The number of para-hydroxylation sites is 1. The van der Waals surface area contributed by atoms with Gasteiger partial charge in [0.05, 0.1) is 6.54 Å². The number of aromatic nitrogens is 4. The number of carbonyl (C=O) groups is 1. The van der Waals surface area contributed by atoms with Gasteiger partial charge in [-0.05, 0) is 41.0 Å². The summed E-state index contributed by atoms with van der Waals surface area (Å²) < 4.78 is 0. The molecule has 0 saturated heterocycles. The summed E-state index contributed by atoms with van der Waals surface area (Å²) in [5.41, 5.74) is 3.08. The van der Waals surface area contributed by atoms with Crippen molar-refractivity contribution >= 4 is 17.7 Å². The van der Waals surface area contributed by atoms with Crippen LogP contribution in [0.4, 0.5) is 16.4 Å². The van der Waals surface area contributed by atoms with Crippen molar-refractivity contribution in [1.29, 1.82) is 0 Å². The number of nitrogens with one attached hydrogen (secondary N) is 2. The number of carbonyl (C=O) groups excluding carboxylic acids is 1. The Kier molecular flexibility index (Phi) is 11.1. The maximum atomic E-state index is 12.6. The zero-order chi connectivity index (χ0) is 23.3. The van der Waals surface area contributed by atoms with Crippen LogP contribution in [0.3, 0.4) is 0 Å². The van der Waals surface area contributed by atoms with Crippen LogP contribution in [0.1, 0.15) is 102 Å². The van der Waals surface area contributed by atoms with Crippen LogP contribution in [0.15, 0.2) is 18.2 Å². The number of benzene rings is 1. The average Bonchev–Trinajstić information content (AvgIpc) is 3.19. The van der Waals surface area contributed by atoms with Crippen molar-refractivity contribution in [3.8, 4) is 0 Å². The lowest BCUT2D eigenvalue weighted by Crippen LogP contribution is -2.22. The van der Waals surface area contributed by atoms with Crippen LogP contribution in [-0.4, -0.2) is 38.0 Å². The molecule has 178 valence electrons. The highest BCUT2D eigenvalue weighted by atomic mass is 16.3. The summed E-state index contributed by atoms with van der Waals surface area (Å²) in [6.45, 7) is 9.46. The number of unbranched alkanes of at least 4 members (excludes halogenated alkanes) is 7. The van der Waals surface area contributed by atoms with E-state index in [9.17, 15) is 4.79 Å². The lowest BCUT2D eigenvalue weighted by Gasteiger charge is -2.20. The van der Waals surface area contributed by atoms with E-state index in [4.69, 9.17) is 5.11 Å². The van der Waals surface area contributed by atoms with Gasteiger partial charge in [-0.1, -0.05) is 89.5 Å². The maximum Gasteiger partial charge on any atom is 0.326 e. The van der Waals surface area contributed by atoms with Crippen LogP contribution in [0.25, 0.3) is 0 Å². The minimum atomic E-state index is -0.360. The Morgan fingerprint density at radius 2 is 1.47 bits per heavy atom. The molecule has 0 aliphatic rings. The van der Waals surface area contributed by atoms with E-state index in [1.54, 1.807) is 4.80 Å².